The first-order chi connectivity index (χ1) is 9.56. The number of ether oxygens (including phenoxy) is 1. The van der Waals surface area contributed by atoms with Gasteiger partial charge in [0, 0.05) is 25.2 Å². The second kappa shape index (κ2) is 6.37. The minimum atomic E-state index is 0.567. The summed E-state index contributed by atoms with van der Waals surface area (Å²) in [6.45, 7) is 6.19. The lowest BCUT2D eigenvalue weighted by Crippen LogP contribution is -2.31. The van der Waals surface area contributed by atoms with Crippen molar-refractivity contribution in [1.82, 2.24) is 19.4 Å². The highest BCUT2D eigenvalue weighted by Crippen LogP contribution is 2.16. The SMILES string of the molecule is CCC(C)N(C)CCn1c(=S)[nH]c2ccc(OC)nc21. The maximum absolute atomic E-state index is 5.39. The number of pyridine rings is 1. The molecular formula is C14H22N4OS. The molecule has 20 heavy (non-hydrogen) atoms. The number of aromatic amines is 1. The first-order valence-corrected chi connectivity index (χ1v) is 7.31. The number of likely N-dealkylation sites (N-methyl/N-ethyl adjacent to an activating group) is 1. The van der Waals surface area contributed by atoms with Crippen molar-refractivity contribution in [2.45, 2.75) is 32.9 Å². The van der Waals surface area contributed by atoms with Gasteiger partial charge in [0.1, 0.15) is 0 Å². The fraction of sp³-hybridized carbons (Fsp3) is 0.571. The molecule has 0 fully saturated rings. The van der Waals surface area contributed by atoms with Crippen LogP contribution in [-0.2, 0) is 6.54 Å². The average Bonchev–Trinajstić information content (AvgIpc) is 2.78. The van der Waals surface area contributed by atoms with Gasteiger partial charge in [0.05, 0.1) is 12.6 Å². The normalized spacial score (nSPS) is 13.1. The summed E-state index contributed by atoms with van der Waals surface area (Å²) in [5.74, 6) is 0.607. The van der Waals surface area contributed by atoms with E-state index >= 15 is 0 Å². The molecular weight excluding hydrogens is 272 g/mol. The van der Waals surface area contributed by atoms with E-state index in [9.17, 15) is 0 Å². The number of hydrogen-bond donors (Lipinski definition) is 1. The van der Waals surface area contributed by atoms with Crippen molar-refractivity contribution in [3.8, 4) is 5.88 Å². The zero-order valence-electron chi connectivity index (χ0n) is 12.5. The van der Waals surface area contributed by atoms with Crippen LogP contribution in [0.1, 0.15) is 20.3 Å². The van der Waals surface area contributed by atoms with Crippen molar-refractivity contribution < 1.29 is 4.74 Å². The van der Waals surface area contributed by atoms with E-state index in [2.05, 4.69) is 35.8 Å². The Morgan fingerprint density at radius 3 is 2.90 bits per heavy atom. The van der Waals surface area contributed by atoms with Crippen LogP contribution in [0.3, 0.4) is 0 Å². The highest BCUT2D eigenvalue weighted by atomic mass is 32.1. The predicted molar refractivity (Wildman–Crippen MR) is 83.9 cm³/mol. The van der Waals surface area contributed by atoms with Gasteiger partial charge in [-0.3, -0.25) is 0 Å². The van der Waals surface area contributed by atoms with E-state index in [1.165, 1.54) is 0 Å². The molecule has 6 heteroatoms. The highest BCUT2D eigenvalue weighted by Gasteiger charge is 2.10. The van der Waals surface area contributed by atoms with Crippen LogP contribution in [0.4, 0.5) is 0 Å². The zero-order valence-corrected chi connectivity index (χ0v) is 13.3. The number of hydrogen-bond acceptors (Lipinski definition) is 4. The summed E-state index contributed by atoms with van der Waals surface area (Å²) >= 11 is 5.39. The van der Waals surface area contributed by atoms with E-state index in [0.717, 1.165) is 30.7 Å². The third-order valence-corrected chi connectivity index (χ3v) is 4.14. The second-order valence-corrected chi connectivity index (χ2v) is 5.43. The number of rotatable bonds is 6. The van der Waals surface area contributed by atoms with E-state index in [0.29, 0.717) is 16.7 Å². The van der Waals surface area contributed by atoms with Crippen molar-refractivity contribution in [3.63, 3.8) is 0 Å². The van der Waals surface area contributed by atoms with Gasteiger partial charge in [-0.15, -0.1) is 0 Å². The van der Waals surface area contributed by atoms with Crippen LogP contribution in [0.15, 0.2) is 12.1 Å². The molecule has 0 spiro atoms. The predicted octanol–water partition coefficient (Wildman–Crippen LogP) is 2.83. The highest BCUT2D eigenvalue weighted by molar-refractivity contribution is 7.71. The fourth-order valence-corrected chi connectivity index (χ4v) is 2.41. The lowest BCUT2D eigenvalue weighted by atomic mass is 10.2. The molecule has 0 bridgehead atoms. The Kier molecular flexibility index (Phi) is 4.77. The number of H-pyrrole nitrogens is 1. The molecule has 0 aliphatic heterocycles. The Morgan fingerprint density at radius 2 is 2.25 bits per heavy atom. The van der Waals surface area contributed by atoms with Crippen LogP contribution in [0, 0.1) is 4.77 Å². The maximum Gasteiger partial charge on any atom is 0.215 e. The molecule has 0 saturated heterocycles. The number of imidazole rings is 1. The third kappa shape index (κ3) is 3.02. The van der Waals surface area contributed by atoms with Crippen molar-refractivity contribution in [1.29, 1.82) is 0 Å². The first-order valence-electron chi connectivity index (χ1n) is 6.90. The topological polar surface area (TPSA) is 46.1 Å². The van der Waals surface area contributed by atoms with Crippen molar-refractivity contribution in [3.05, 3.63) is 16.9 Å². The van der Waals surface area contributed by atoms with Crippen LogP contribution in [0.5, 0.6) is 5.88 Å². The van der Waals surface area contributed by atoms with Crippen LogP contribution in [0.25, 0.3) is 11.2 Å². The summed E-state index contributed by atoms with van der Waals surface area (Å²) in [5, 5.41) is 0. The fourth-order valence-electron chi connectivity index (χ4n) is 2.12. The van der Waals surface area contributed by atoms with E-state index in [4.69, 9.17) is 17.0 Å². The largest absolute Gasteiger partial charge is 0.481 e. The Bertz CT molecular complexity index is 634. The molecule has 0 aromatic carbocycles. The number of fused-ring (bicyclic) bond motifs is 1. The summed E-state index contributed by atoms with van der Waals surface area (Å²) in [6.07, 6.45) is 1.14. The van der Waals surface area contributed by atoms with Crippen molar-refractivity contribution in [2.75, 3.05) is 20.7 Å². The van der Waals surface area contributed by atoms with E-state index in [1.807, 2.05) is 16.7 Å². The monoisotopic (exact) mass is 294 g/mol. The van der Waals surface area contributed by atoms with E-state index < -0.39 is 0 Å². The van der Waals surface area contributed by atoms with E-state index in [-0.39, 0.29) is 0 Å². The van der Waals surface area contributed by atoms with Gasteiger partial charge in [-0.2, -0.15) is 4.98 Å². The van der Waals surface area contributed by atoms with Gasteiger partial charge in [0.15, 0.2) is 10.4 Å². The maximum atomic E-state index is 5.39. The number of nitrogens with one attached hydrogen (secondary N) is 1. The molecule has 0 aliphatic carbocycles. The van der Waals surface area contributed by atoms with Gasteiger partial charge in [0.2, 0.25) is 5.88 Å². The summed E-state index contributed by atoms with van der Waals surface area (Å²) in [5.41, 5.74) is 1.80. The van der Waals surface area contributed by atoms with Gasteiger partial charge in [0.25, 0.3) is 0 Å². The Morgan fingerprint density at radius 1 is 1.50 bits per heavy atom. The summed E-state index contributed by atoms with van der Waals surface area (Å²) in [7, 11) is 3.76. The Balaban J connectivity index is 2.25. The smallest absolute Gasteiger partial charge is 0.215 e. The number of aromatic nitrogens is 3. The molecule has 2 aromatic heterocycles. The van der Waals surface area contributed by atoms with Crippen molar-refractivity contribution in [2.24, 2.45) is 0 Å². The van der Waals surface area contributed by atoms with Crippen LogP contribution < -0.4 is 4.74 Å². The molecule has 0 aliphatic rings. The molecule has 0 saturated carbocycles. The quantitative estimate of drug-likeness (QED) is 0.832. The van der Waals surface area contributed by atoms with Gasteiger partial charge in [-0.25, -0.2) is 0 Å². The molecule has 5 nitrogen and oxygen atoms in total. The van der Waals surface area contributed by atoms with Gasteiger partial charge < -0.3 is 19.2 Å². The standard InChI is InChI=1S/C14H22N4OS/c1-5-10(2)17(3)8-9-18-13-11(15-14(18)20)6-7-12(16-13)19-4/h6-7,10H,5,8-9H2,1-4H3,(H,15,20). The van der Waals surface area contributed by atoms with E-state index in [1.54, 1.807) is 7.11 Å². The second-order valence-electron chi connectivity index (χ2n) is 5.04. The minimum absolute atomic E-state index is 0.567. The molecule has 2 rings (SSSR count). The van der Waals surface area contributed by atoms with Gasteiger partial charge >= 0.3 is 0 Å². The molecule has 2 heterocycles. The van der Waals surface area contributed by atoms with Crippen molar-refractivity contribution >= 4 is 23.4 Å². The van der Waals surface area contributed by atoms with Crippen LogP contribution in [0.2, 0.25) is 0 Å². The minimum Gasteiger partial charge on any atom is -0.481 e. The third-order valence-electron chi connectivity index (χ3n) is 3.82. The number of methoxy groups -OCH3 is 1. The summed E-state index contributed by atoms with van der Waals surface area (Å²) in [4.78, 5) is 10.0. The molecule has 1 atom stereocenters. The first kappa shape index (κ1) is 15.0. The average molecular weight is 294 g/mol. The Hall–Kier alpha value is -1.40. The summed E-state index contributed by atoms with van der Waals surface area (Å²) < 4.78 is 7.93. The lowest BCUT2D eigenvalue weighted by Gasteiger charge is -2.23. The molecule has 110 valence electrons. The van der Waals surface area contributed by atoms with Gasteiger partial charge in [-0.1, -0.05) is 6.92 Å². The Labute approximate surface area is 124 Å². The molecule has 2 aromatic rings. The molecule has 1 N–H and O–H groups in total. The summed E-state index contributed by atoms with van der Waals surface area (Å²) in [6, 6.07) is 4.35. The molecule has 1 unspecified atom stereocenters. The van der Waals surface area contributed by atoms with Gasteiger partial charge in [-0.05, 0) is 38.7 Å². The molecule has 0 amide bonds. The van der Waals surface area contributed by atoms with Crippen LogP contribution >= 0.6 is 12.2 Å². The van der Waals surface area contributed by atoms with Crippen LogP contribution in [-0.4, -0.2) is 46.2 Å². The molecule has 0 radical (unpaired) electrons. The lowest BCUT2D eigenvalue weighted by molar-refractivity contribution is 0.243. The number of nitrogens with zero attached hydrogens (tertiary/aromatic N) is 3. The zero-order chi connectivity index (χ0) is 14.7.